The van der Waals surface area contributed by atoms with Gasteiger partial charge in [0.1, 0.15) is 0 Å². The number of rotatable bonds is 7. The van der Waals surface area contributed by atoms with E-state index in [1.165, 1.54) is 38.2 Å². The molecule has 0 radical (unpaired) electrons. The molecule has 1 fully saturated rings. The predicted octanol–water partition coefficient (Wildman–Crippen LogP) is 3.79. The van der Waals surface area contributed by atoms with Crippen LogP contribution in [0.25, 0.3) is 0 Å². The number of piperazine rings is 1. The van der Waals surface area contributed by atoms with Gasteiger partial charge in [0.05, 0.1) is 0 Å². The normalized spacial score (nSPS) is 15.5. The fourth-order valence-corrected chi connectivity index (χ4v) is 4.18. The fraction of sp³-hybridized carbons (Fsp3) is 0.500. The predicted molar refractivity (Wildman–Crippen MR) is 107 cm³/mol. The van der Waals surface area contributed by atoms with Crippen molar-refractivity contribution in [2.75, 3.05) is 43.4 Å². The Labute approximate surface area is 155 Å². The molecule has 2 heterocycles. The molecule has 0 atom stereocenters. The van der Waals surface area contributed by atoms with Crippen LogP contribution in [-0.2, 0) is 0 Å². The zero-order valence-electron chi connectivity index (χ0n) is 15.3. The summed E-state index contributed by atoms with van der Waals surface area (Å²) < 4.78 is 0. The molecule has 0 bridgehead atoms. The van der Waals surface area contributed by atoms with E-state index in [1.807, 2.05) is 19.9 Å². The maximum absolute atomic E-state index is 4.49. The van der Waals surface area contributed by atoms with Crippen LogP contribution < -0.4 is 4.90 Å². The van der Waals surface area contributed by atoms with Crippen LogP contribution in [0, 0.1) is 13.8 Å². The molecule has 3 rings (SSSR count). The molecule has 1 aromatic heterocycles. The highest BCUT2D eigenvalue weighted by Gasteiger charge is 2.16. The van der Waals surface area contributed by atoms with Gasteiger partial charge in [-0.1, -0.05) is 30.0 Å². The maximum atomic E-state index is 4.49. The number of aromatic nitrogens is 2. The third kappa shape index (κ3) is 5.72. The largest absolute Gasteiger partial charge is 0.369 e. The minimum atomic E-state index is 0.925. The Hall–Kier alpha value is -1.59. The highest BCUT2D eigenvalue weighted by molar-refractivity contribution is 7.99. The molecule has 1 aliphatic rings. The Morgan fingerprint density at radius 1 is 0.920 bits per heavy atom. The van der Waals surface area contributed by atoms with Gasteiger partial charge in [0.2, 0.25) is 0 Å². The van der Waals surface area contributed by atoms with E-state index in [9.17, 15) is 0 Å². The minimum absolute atomic E-state index is 0.925. The van der Waals surface area contributed by atoms with E-state index in [0.717, 1.165) is 35.4 Å². The number of nitrogens with zero attached hydrogens (tertiary/aromatic N) is 4. The van der Waals surface area contributed by atoms with Crippen molar-refractivity contribution in [3.63, 3.8) is 0 Å². The zero-order chi connectivity index (χ0) is 17.5. The first-order valence-electron chi connectivity index (χ1n) is 9.18. The topological polar surface area (TPSA) is 32.3 Å². The average Bonchev–Trinajstić information content (AvgIpc) is 2.62. The van der Waals surface area contributed by atoms with Crippen LogP contribution in [-0.4, -0.2) is 53.3 Å². The van der Waals surface area contributed by atoms with Crippen molar-refractivity contribution in [2.45, 2.75) is 31.8 Å². The Morgan fingerprint density at radius 2 is 1.60 bits per heavy atom. The number of unbranched alkanes of at least 4 members (excludes halogenated alkanes) is 1. The van der Waals surface area contributed by atoms with E-state index in [-0.39, 0.29) is 0 Å². The highest BCUT2D eigenvalue weighted by Crippen LogP contribution is 2.17. The summed E-state index contributed by atoms with van der Waals surface area (Å²) in [6.45, 7) is 9.88. The third-order valence-electron chi connectivity index (χ3n) is 4.56. The molecule has 0 amide bonds. The summed E-state index contributed by atoms with van der Waals surface area (Å²) in [6.07, 6.45) is 2.48. The number of para-hydroxylation sites is 1. The van der Waals surface area contributed by atoms with Crippen molar-refractivity contribution < 1.29 is 0 Å². The maximum Gasteiger partial charge on any atom is 0.187 e. The van der Waals surface area contributed by atoms with E-state index in [2.05, 4.69) is 50.1 Å². The third-order valence-corrected chi connectivity index (χ3v) is 5.49. The lowest BCUT2D eigenvalue weighted by atomic mass is 10.2. The van der Waals surface area contributed by atoms with Crippen molar-refractivity contribution in [1.82, 2.24) is 14.9 Å². The number of anilines is 1. The van der Waals surface area contributed by atoms with Crippen LogP contribution in [0.5, 0.6) is 0 Å². The van der Waals surface area contributed by atoms with Crippen LogP contribution in [0.15, 0.2) is 41.6 Å². The molecule has 0 spiro atoms. The SMILES string of the molecule is Cc1cc(C)nc(SCCCCN2CCN(c3ccccc3)CC2)n1. The zero-order valence-corrected chi connectivity index (χ0v) is 16.1. The van der Waals surface area contributed by atoms with Gasteiger partial charge < -0.3 is 4.90 Å². The standard InChI is InChI=1S/C20H28N4S/c1-17-16-18(2)22-20(21-17)25-15-7-6-10-23-11-13-24(14-12-23)19-8-4-3-5-9-19/h3-5,8-9,16H,6-7,10-15H2,1-2H3. The van der Waals surface area contributed by atoms with Gasteiger partial charge in [-0.05, 0) is 51.4 Å². The Kier molecular flexibility index (Phi) is 6.70. The number of aryl methyl sites for hydroxylation is 2. The van der Waals surface area contributed by atoms with Crippen LogP contribution in [0.4, 0.5) is 5.69 Å². The van der Waals surface area contributed by atoms with Crippen molar-refractivity contribution in [3.8, 4) is 0 Å². The minimum Gasteiger partial charge on any atom is -0.369 e. The summed E-state index contributed by atoms with van der Waals surface area (Å²) in [5, 5.41) is 0.925. The molecule has 2 aromatic rings. The summed E-state index contributed by atoms with van der Waals surface area (Å²) in [4.78, 5) is 14.1. The number of hydrogen-bond donors (Lipinski definition) is 0. The van der Waals surface area contributed by atoms with Gasteiger partial charge in [0, 0.05) is 49.0 Å². The summed E-state index contributed by atoms with van der Waals surface area (Å²) in [7, 11) is 0. The number of benzene rings is 1. The highest BCUT2D eigenvalue weighted by atomic mass is 32.2. The van der Waals surface area contributed by atoms with Gasteiger partial charge in [0.25, 0.3) is 0 Å². The van der Waals surface area contributed by atoms with Crippen LogP contribution in [0.1, 0.15) is 24.2 Å². The first-order chi connectivity index (χ1) is 12.2. The molecule has 4 nitrogen and oxygen atoms in total. The Balaban J connectivity index is 1.31. The van der Waals surface area contributed by atoms with Crippen molar-refractivity contribution >= 4 is 17.4 Å². The van der Waals surface area contributed by atoms with E-state index in [0.29, 0.717) is 0 Å². The van der Waals surface area contributed by atoms with Crippen molar-refractivity contribution in [1.29, 1.82) is 0 Å². The van der Waals surface area contributed by atoms with E-state index in [4.69, 9.17) is 0 Å². The number of hydrogen-bond acceptors (Lipinski definition) is 5. The first kappa shape index (κ1) is 18.2. The Morgan fingerprint density at radius 3 is 2.28 bits per heavy atom. The molecule has 1 aliphatic heterocycles. The van der Waals surface area contributed by atoms with Crippen LogP contribution >= 0.6 is 11.8 Å². The van der Waals surface area contributed by atoms with Gasteiger partial charge in [-0.15, -0.1) is 0 Å². The second kappa shape index (κ2) is 9.20. The van der Waals surface area contributed by atoms with Gasteiger partial charge in [-0.3, -0.25) is 4.90 Å². The molecule has 25 heavy (non-hydrogen) atoms. The molecule has 0 unspecified atom stereocenters. The average molecular weight is 357 g/mol. The smallest absolute Gasteiger partial charge is 0.187 e. The summed E-state index contributed by atoms with van der Waals surface area (Å²) in [6, 6.07) is 12.8. The second-order valence-electron chi connectivity index (χ2n) is 6.65. The summed E-state index contributed by atoms with van der Waals surface area (Å²) >= 11 is 1.78. The van der Waals surface area contributed by atoms with Gasteiger partial charge >= 0.3 is 0 Å². The molecule has 1 aromatic carbocycles. The van der Waals surface area contributed by atoms with E-state index >= 15 is 0 Å². The number of thioether (sulfide) groups is 1. The monoisotopic (exact) mass is 356 g/mol. The van der Waals surface area contributed by atoms with Crippen molar-refractivity contribution in [3.05, 3.63) is 47.8 Å². The summed E-state index contributed by atoms with van der Waals surface area (Å²) in [5.41, 5.74) is 3.48. The van der Waals surface area contributed by atoms with Crippen LogP contribution in [0.3, 0.4) is 0 Å². The van der Waals surface area contributed by atoms with Gasteiger partial charge in [-0.2, -0.15) is 0 Å². The molecule has 5 heteroatoms. The quantitative estimate of drug-likeness (QED) is 0.428. The molecule has 0 N–H and O–H groups in total. The van der Waals surface area contributed by atoms with Crippen LogP contribution in [0.2, 0.25) is 0 Å². The van der Waals surface area contributed by atoms with Gasteiger partial charge in [0.15, 0.2) is 5.16 Å². The van der Waals surface area contributed by atoms with E-state index < -0.39 is 0 Å². The molecule has 0 saturated carbocycles. The molecular weight excluding hydrogens is 328 g/mol. The van der Waals surface area contributed by atoms with E-state index in [1.54, 1.807) is 11.8 Å². The molecule has 134 valence electrons. The van der Waals surface area contributed by atoms with Gasteiger partial charge in [-0.25, -0.2) is 9.97 Å². The molecule has 0 aliphatic carbocycles. The second-order valence-corrected chi connectivity index (χ2v) is 7.72. The first-order valence-corrected chi connectivity index (χ1v) is 10.2. The Bertz CT molecular complexity index is 634. The lowest BCUT2D eigenvalue weighted by Crippen LogP contribution is -2.46. The molecular formula is C20H28N4S. The summed E-state index contributed by atoms with van der Waals surface area (Å²) in [5.74, 6) is 1.10. The fourth-order valence-electron chi connectivity index (χ4n) is 3.23. The lowest BCUT2D eigenvalue weighted by molar-refractivity contribution is 0.254. The molecule has 1 saturated heterocycles. The van der Waals surface area contributed by atoms with Crippen molar-refractivity contribution in [2.24, 2.45) is 0 Å². The lowest BCUT2D eigenvalue weighted by Gasteiger charge is -2.36.